The summed E-state index contributed by atoms with van der Waals surface area (Å²) in [4.78, 5) is 206. The van der Waals surface area contributed by atoms with Crippen LogP contribution in [0.4, 0.5) is 34.1 Å². The molecule has 31 nitrogen and oxygen atoms in total. The summed E-state index contributed by atoms with van der Waals surface area (Å²) in [6, 6.07) is 14.2. The van der Waals surface area contributed by atoms with E-state index in [9.17, 15) is 71.9 Å². The standard InChI is InChI=1S/C117H174N10O21/c1-70(2)91-28-19-76(13)55-97(91)143-112(137)43-37-106(131)121-85-61-82(62-86(67-85)122-107(132)38-44-113(138)144-98-56-77(14)20-29-92(98)71(3)4)25-34-103(128)118-49-52-127(53-50-119-104(129)35-26-83-63-87(123-108(133)39-45-114(139)145-99-57-78(15)21-30-93(99)72(5)6)68-88(64-83)124-109(134)40-46-115(140)146-100-58-79(16)22-31-94(100)73(7)8)54-51-120-105(130)36-27-84-65-89(125-110(135)41-47-116(141)147-101-59-80(17)23-32-95(101)74(9)10)69-90(66-84)126-111(136)42-48-117(142)148-102-60-81(18)24-33-96(102)75(11)12/h25-27,34-36,61-81,91-102H,19-24,28-33,37-60H2,1-18H3,(H,118,128)(H,119,129)(H,120,130)(H,121,131)(H,122,132)(H,123,133)(H,124,134)(H,125,135)(H,126,136)/b34-25+,35-26+,36-27+/t76-,77-,78-,79-,80-,81-,91+,92+,93+,94+,95+,96+,97-,98-,99-,100-,101-,102-/m1/s1. The number of benzene rings is 3. The van der Waals surface area contributed by atoms with E-state index in [0.29, 0.717) is 87.7 Å². The highest BCUT2D eigenvalue weighted by molar-refractivity contribution is 6.01. The quantitative estimate of drug-likeness (QED) is 0.0144. The third-order valence-corrected chi connectivity index (χ3v) is 30.8. The van der Waals surface area contributed by atoms with E-state index < -0.39 is 89.0 Å². The number of carbonyl (C=O) groups is 15. The first-order valence-corrected chi connectivity index (χ1v) is 55.3. The van der Waals surface area contributed by atoms with Crippen LogP contribution in [0.25, 0.3) is 18.2 Å². The van der Waals surface area contributed by atoms with E-state index in [4.69, 9.17) is 28.4 Å². The molecule has 6 fully saturated rings. The molecule has 9 N–H and O–H groups in total. The molecule has 31 heteroatoms. The van der Waals surface area contributed by atoms with Crippen molar-refractivity contribution in [2.24, 2.45) is 107 Å². The Labute approximate surface area is 878 Å². The summed E-state index contributed by atoms with van der Waals surface area (Å²) in [5.74, 6) is -2.17. The summed E-state index contributed by atoms with van der Waals surface area (Å²) in [6.07, 6.45) is 20.8. The van der Waals surface area contributed by atoms with Gasteiger partial charge in [0.25, 0.3) is 0 Å². The monoisotopic (exact) mass is 2060 g/mol. The molecular weight excluding hydrogens is 1880 g/mol. The Hall–Kier alpha value is -11.1. The zero-order valence-electron chi connectivity index (χ0n) is 91.5. The molecule has 0 aromatic heterocycles. The maximum Gasteiger partial charge on any atom is 0.306 e. The zero-order chi connectivity index (χ0) is 108. The van der Waals surface area contributed by atoms with Crippen molar-refractivity contribution in [2.45, 2.75) is 354 Å². The maximum atomic E-state index is 14.0. The van der Waals surface area contributed by atoms with Crippen molar-refractivity contribution < 1.29 is 100 Å². The zero-order valence-corrected chi connectivity index (χ0v) is 91.5. The van der Waals surface area contributed by atoms with Gasteiger partial charge in [0.15, 0.2) is 0 Å². The minimum absolute atomic E-state index is 0.0247. The van der Waals surface area contributed by atoms with Crippen molar-refractivity contribution in [1.29, 1.82) is 0 Å². The Morgan fingerprint density at radius 3 is 0.568 bits per heavy atom. The molecule has 18 atom stereocenters. The average Bonchev–Trinajstić information content (AvgIpc) is 0.876. The van der Waals surface area contributed by atoms with Gasteiger partial charge in [-0.1, -0.05) is 163 Å². The van der Waals surface area contributed by atoms with Crippen LogP contribution < -0.4 is 47.9 Å². The van der Waals surface area contributed by atoms with Crippen molar-refractivity contribution in [1.82, 2.24) is 20.9 Å². The highest BCUT2D eigenvalue weighted by Gasteiger charge is 2.41. The van der Waals surface area contributed by atoms with Crippen LogP contribution in [-0.4, -0.2) is 170 Å². The van der Waals surface area contributed by atoms with Crippen LogP contribution in [0.2, 0.25) is 0 Å². The molecule has 3 aromatic rings. The van der Waals surface area contributed by atoms with Crippen molar-refractivity contribution in [3.63, 3.8) is 0 Å². The molecule has 0 heterocycles. The lowest BCUT2D eigenvalue weighted by molar-refractivity contribution is -0.157. The second-order valence-corrected chi connectivity index (χ2v) is 45.7. The Kier molecular flexibility index (Phi) is 49.4. The van der Waals surface area contributed by atoms with E-state index in [-0.39, 0.29) is 223 Å². The average molecular weight is 2060 g/mol. The van der Waals surface area contributed by atoms with Gasteiger partial charge in [0.2, 0.25) is 53.2 Å². The summed E-state index contributed by atoms with van der Waals surface area (Å²) in [5.41, 5.74) is 2.55. The van der Waals surface area contributed by atoms with Gasteiger partial charge in [0.05, 0.1) is 38.5 Å². The fourth-order valence-electron chi connectivity index (χ4n) is 22.2. The summed E-state index contributed by atoms with van der Waals surface area (Å²) < 4.78 is 36.0. The van der Waals surface area contributed by atoms with Gasteiger partial charge < -0.3 is 76.3 Å². The molecule has 0 bridgehead atoms. The van der Waals surface area contributed by atoms with E-state index >= 15 is 0 Å². The number of rotatable bonds is 51. The third kappa shape index (κ3) is 42.7. The topological polar surface area (TPSA) is 423 Å². The van der Waals surface area contributed by atoms with Gasteiger partial charge in [-0.15, -0.1) is 0 Å². The molecule has 0 unspecified atom stereocenters. The number of amides is 9. The molecule has 148 heavy (non-hydrogen) atoms. The molecule has 0 spiro atoms. The molecule has 9 amide bonds. The van der Waals surface area contributed by atoms with Crippen LogP contribution in [0.3, 0.4) is 0 Å². The SMILES string of the molecule is CC(C)[C@@H]1CC[C@@H](C)C[C@H]1OC(=O)CCC(=O)Nc1cc(/C=C/C(=O)NCCN(CCNC(=O)/C=C/c2cc(NC(=O)CCC(=O)O[C@@H]3C[C@H](C)CC[C@H]3C(C)C)cc(NC(=O)CCC(=O)O[C@@H]3C[C@H](C)CC[C@H]3C(C)C)c2)CCNC(=O)/C=C/c2cc(NC(=O)CCC(=O)O[C@@H]3C[C@H](C)CC[C@H]3C(C)C)cc(NC(=O)CCC(=O)O[C@@H]3C[C@H](C)CC[C@H]3C(C)C)c2)cc(NC(=O)CCC(=O)O[C@@H]2C[C@H](C)CC[C@H]2C(C)C)c1. The molecule has 6 aliphatic rings. The normalized spacial score (nSPS) is 24.2. The van der Waals surface area contributed by atoms with E-state index in [0.717, 1.165) is 116 Å². The Morgan fingerprint density at radius 1 is 0.250 bits per heavy atom. The van der Waals surface area contributed by atoms with Crippen LogP contribution >= 0.6 is 0 Å². The van der Waals surface area contributed by atoms with Crippen molar-refractivity contribution in [3.05, 3.63) is 89.5 Å². The van der Waals surface area contributed by atoms with Gasteiger partial charge in [-0.3, -0.25) is 76.8 Å². The number of hydrogen-bond acceptors (Lipinski definition) is 22. The van der Waals surface area contributed by atoms with E-state index in [1.54, 1.807) is 36.4 Å². The predicted molar refractivity (Wildman–Crippen MR) is 576 cm³/mol. The van der Waals surface area contributed by atoms with Gasteiger partial charge in [0, 0.05) is 130 Å². The first kappa shape index (κ1) is 120. The van der Waals surface area contributed by atoms with Gasteiger partial charge in [-0.05, 0) is 273 Å². The van der Waals surface area contributed by atoms with Gasteiger partial charge in [0.1, 0.15) is 36.6 Å². The van der Waals surface area contributed by atoms with Crippen molar-refractivity contribution in [3.8, 4) is 0 Å². The number of anilines is 6. The summed E-state index contributed by atoms with van der Waals surface area (Å²) in [5, 5.41) is 25.8. The second kappa shape index (κ2) is 60.7. The van der Waals surface area contributed by atoms with E-state index in [1.807, 2.05) is 4.90 Å². The number of nitrogens with one attached hydrogen (secondary N) is 9. The van der Waals surface area contributed by atoms with Crippen molar-refractivity contribution >= 4 is 141 Å². The lowest BCUT2D eigenvalue weighted by Crippen LogP contribution is -2.42. The fourth-order valence-corrected chi connectivity index (χ4v) is 22.2. The molecule has 0 aliphatic heterocycles. The first-order chi connectivity index (χ1) is 70.3. The van der Waals surface area contributed by atoms with Gasteiger partial charge in [-0.2, -0.15) is 0 Å². The summed E-state index contributed by atoms with van der Waals surface area (Å²) in [6.45, 7) is 38.8. The molecule has 6 saturated carbocycles. The number of carbonyl (C=O) groups excluding carboxylic acids is 15. The smallest absolute Gasteiger partial charge is 0.306 e. The van der Waals surface area contributed by atoms with Crippen LogP contribution in [0.5, 0.6) is 0 Å². The largest absolute Gasteiger partial charge is 0.462 e. The summed E-state index contributed by atoms with van der Waals surface area (Å²) in [7, 11) is 0. The lowest BCUT2D eigenvalue weighted by atomic mass is 9.75. The molecule has 9 rings (SSSR count). The highest BCUT2D eigenvalue weighted by atomic mass is 16.6. The minimum atomic E-state index is -0.549. The highest BCUT2D eigenvalue weighted by Crippen LogP contribution is 2.43. The Balaban J connectivity index is 0.915. The minimum Gasteiger partial charge on any atom is -0.462 e. The van der Waals surface area contributed by atoms with Crippen LogP contribution in [0.1, 0.15) is 334 Å². The Bertz CT molecular complexity index is 4310. The number of nitrogens with zero attached hydrogens (tertiary/aromatic N) is 1. The fraction of sp³-hybridized carbons (Fsp3) is 0.667. The maximum absolute atomic E-state index is 14.0. The second-order valence-electron chi connectivity index (χ2n) is 45.7. The molecule has 0 saturated heterocycles. The van der Waals surface area contributed by atoms with Crippen LogP contribution in [-0.2, 0) is 100 Å². The van der Waals surface area contributed by atoms with E-state index in [2.05, 4.69) is 172 Å². The number of ether oxygens (including phenoxy) is 6. The van der Waals surface area contributed by atoms with Crippen LogP contribution in [0.15, 0.2) is 72.8 Å². The molecule has 6 aliphatic carbocycles. The Morgan fingerprint density at radius 2 is 0.412 bits per heavy atom. The van der Waals surface area contributed by atoms with Crippen LogP contribution in [0, 0.1) is 107 Å². The first-order valence-electron chi connectivity index (χ1n) is 55.3. The lowest BCUT2D eigenvalue weighted by Gasteiger charge is -2.36. The van der Waals surface area contributed by atoms with Crippen molar-refractivity contribution in [2.75, 3.05) is 71.2 Å². The predicted octanol–water partition coefficient (Wildman–Crippen LogP) is 20.1. The number of hydrogen-bond donors (Lipinski definition) is 9. The third-order valence-electron chi connectivity index (χ3n) is 30.8. The molecule has 818 valence electrons. The molecule has 3 aromatic carbocycles. The number of esters is 6. The van der Waals surface area contributed by atoms with E-state index in [1.165, 1.54) is 54.7 Å². The molecular formula is C117H174N10O21. The van der Waals surface area contributed by atoms with Gasteiger partial charge in [-0.25, -0.2) is 0 Å². The van der Waals surface area contributed by atoms with Gasteiger partial charge >= 0.3 is 35.8 Å². The molecule has 0 radical (unpaired) electrons. The summed E-state index contributed by atoms with van der Waals surface area (Å²) >= 11 is 0.